The summed E-state index contributed by atoms with van der Waals surface area (Å²) in [5, 5.41) is 1.33. The molecule has 8 nitrogen and oxygen atoms in total. The summed E-state index contributed by atoms with van der Waals surface area (Å²) < 4.78 is 20.8. The van der Waals surface area contributed by atoms with E-state index in [0.29, 0.717) is 43.9 Å². The molecule has 198 valence electrons. The molecular formula is C30H22ClN5O3S. The molecule has 0 saturated heterocycles. The number of ether oxygens (including phenoxy) is 1. The number of methoxy groups -OCH3 is 1. The van der Waals surface area contributed by atoms with Crippen molar-refractivity contribution in [1.29, 1.82) is 0 Å². The molecule has 1 atom stereocenters. The van der Waals surface area contributed by atoms with Crippen LogP contribution in [0.25, 0.3) is 44.6 Å². The monoisotopic (exact) mass is 567 g/mol. The molecule has 3 heterocycles. The lowest BCUT2D eigenvalue weighted by atomic mass is 10.0. The van der Waals surface area contributed by atoms with Gasteiger partial charge in [0.25, 0.3) is 0 Å². The lowest BCUT2D eigenvalue weighted by Gasteiger charge is -2.13. The van der Waals surface area contributed by atoms with E-state index >= 15 is 0 Å². The molecule has 2 N–H and O–H groups in total. The highest BCUT2D eigenvalue weighted by Gasteiger charge is 2.17. The quantitative estimate of drug-likeness (QED) is 0.257. The van der Waals surface area contributed by atoms with Crippen molar-refractivity contribution in [2.75, 3.05) is 7.11 Å². The van der Waals surface area contributed by atoms with Crippen LogP contribution in [-0.2, 0) is 17.5 Å². The first-order chi connectivity index (χ1) is 19.5. The lowest BCUT2D eigenvalue weighted by Crippen LogP contribution is -2.19. The molecular weight excluding hydrogens is 546 g/mol. The van der Waals surface area contributed by atoms with Crippen LogP contribution in [0.5, 0.6) is 5.75 Å². The Morgan fingerprint density at radius 3 is 2.45 bits per heavy atom. The molecule has 10 heteroatoms. The van der Waals surface area contributed by atoms with Crippen molar-refractivity contribution in [2.45, 2.75) is 11.4 Å². The van der Waals surface area contributed by atoms with E-state index in [0.717, 1.165) is 16.5 Å². The van der Waals surface area contributed by atoms with E-state index in [2.05, 4.69) is 14.7 Å². The van der Waals surface area contributed by atoms with Gasteiger partial charge < -0.3 is 9.72 Å². The lowest BCUT2D eigenvalue weighted by molar-refractivity contribution is 0.414. The predicted octanol–water partition coefficient (Wildman–Crippen LogP) is 5.67. The minimum absolute atomic E-state index is 0.154. The van der Waals surface area contributed by atoms with Gasteiger partial charge in [0, 0.05) is 41.0 Å². The van der Waals surface area contributed by atoms with Crippen molar-refractivity contribution >= 4 is 44.7 Å². The first-order valence-electron chi connectivity index (χ1n) is 12.3. The Bertz CT molecular complexity index is 1950. The summed E-state index contributed by atoms with van der Waals surface area (Å²) >= 11 is 6.58. The third kappa shape index (κ3) is 5.10. The number of hydrogen-bond donors (Lipinski definition) is 2. The Kier molecular flexibility index (Phi) is 7.08. The van der Waals surface area contributed by atoms with Gasteiger partial charge in [-0.15, -0.1) is 0 Å². The second-order valence-electron chi connectivity index (χ2n) is 8.94. The minimum Gasteiger partial charge on any atom is -0.497 e. The highest BCUT2D eigenvalue weighted by atomic mass is 35.5. The molecule has 3 aromatic carbocycles. The largest absolute Gasteiger partial charge is 0.497 e. The molecule has 0 aliphatic rings. The fourth-order valence-electron chi connectivity index (χ4n) is 4.41. The van der Waals surface area contributed by atoms with Gasteiger partial charge in [-0.2, -0.15) is 0 Å². The van der Waals surface area contributed by atoms with E-state index < -0.39 is 11.0 Å². The minimum atomic E-state index is -1.49. The van der Waals surface area contributed by atoms with Crippen LogP contribution in [0, 0.1) is 0 Å². The summed E-state index contributed by atoms with van der Waals surface area (Å²) in [7, 11) is 0.0808. The summed E-state index contributed by atoms with van der Waals surface area (Å²) in [6.07, 6.45) is 1.69. The third-order valence-electron chi connectivity index (χ3n) is 6.36. The van der Waals surface area contributed by atoms with Crippen LogP contribution in [0.3, 0.4) is 0 Å². The highest BCUT2D eigenvalue weighted by Crippen LogP contribution is 2.34. The molecule has 3 aromatic heterocycles. The van der Waals surface area contributed by atoms with Crippen LogP contribution >= 0.6 is 11.6 Å². The summed E-state index contributed by atoms with van der Waals surface area (Å²) in [5.41, 5.74) is 4.11. The molecule has 0 aliphatic carbocycles. The molecule has 0 bridgehead atoms. The molecule has 40 heavy (non-hydrogen) atoms. The van der Waals surface area contributed by atoms with E-state index in [9.17, 15) is 9.00 Å². The predicted molar refractivity (Wildman–Crippen MR) is 158 cm³/mol. The van der Waals surface area contributed by atoms with Crippen molar-refractivity contribution in [2.24, 2.45) is 0 Å². The number of aromatic nitrogens is 4. The van der Waals surface area contributed by atoms with Crippen LogP contribution in [0.2, 0.25) is 5.02 Å². The maximum Gasteiger partial charge on any atom is 0.209 e. The third-order valence-corrected chi connectivity index (χ3v) is 7.75. The second-order valence-corrected chi connectivity index (χ2v) is 10.6. The van der Waals surface area contributed by atoms with E-state index in [1.807, 2.05) is 48.5 Å². The first-order valence-corrected chi connectivity index (χ1v) is 13.9. The van der Waals surface area contributed by atoms with E-state index in [-0.39, 0.29) is 17.5 Å². The number of rotatable bonds is 7. The average molecular weight is 568 g/mol. The second kappa shape index (κ2) is 11.0. The molecule has 6 rings (SSSR count). The van der Waals surface area contributed by atoms with Gasteiger partial charge in [0.05, 0.1) is 33.9 Å². The smallest absolute Gasteiger partial charge is 0.209 e. The zero-order chi connectivity index (χ0) is 27.6. The van der Waals surface area contributed by atoms with Gasteiger partial charge >= 0.3 is 0 Å². The van der Waals surface area contributed by atoms with E-state index in [1.54, 1.807) is 43.6 Å². The summed E-state index contributed by atoms with van der Waals surface area (Å²) in [5.74, 6) is 0.675. The van der Waals surface area contributed by atoms with Gasteiger partial charge in [0.1, 0.15) is 16.7 Å². The molecule has 0 fully saturated rings. The van der Waals surface area contributed by atoms with Gasteiger partial charge in [-0.3, -0.25) is 9.78 Å². The van der Waals surface area contributed by atoms with E-state index in [4.69, 9.17) is 26.3 Å². The number of nitrogens with one attached hydrogen (secondary N) is 2. The normalized spacial score (nSPS) is 12.1. The van der Waals surface area contributed by atoms with Crippen molar-refractivity contribution in [3.63, 3.8) is 0 Å². The molecule has 0 spiro atoms. The number of benzene rings is 3. The topological polar surface area (TPSA) is 110 Å². The van der Waals surface area contributed by atoms with Gasteiger partial charge in [0.2, 0.25) is 5.43 Å². The Labute approximate surface area is 236 Å². The van der Waals surface area contributed by atoms with Crippen LogP contribution in [0.4, 0.5) is 0 Å². The first kappa shape index (κ1) is 25.8. The summed E-state index contributed by atoms with van der Waals surface area (Å²) in [6, 6.07) is 25.5. The maximum atomic E-state index is 13.2. The molecule has 6 aromatic rings. The number of pyridine rings is 2. The number of fused-ring (bicyclic) bond motifs is 2. The summed E-state index contributed by atoms with van der Waals surface area (Å²) in [4.78, 5) is 31.0. The molecule has 0 saturated carbocycles. The van der Waals surface area contributed by atoms with Crippen LogP contribution in [0.1, 0.15) is 5.69 Å². The molecule has 0 amide bonds. The number of nitrogens with zero attached hydrogens (tertiary/aromatic N) is 3. The van der Waals surface area contributed by atoms with Gasteiger partial charge in [-0.05, 0) is 42.5 Å². The Hall–Kier alpha value is -4.44. The Morgan fingerprint density at radius 2 is 1.68 bits per heavy atom. The average Bonchev–Trinajstić information content (AvgIpc) is 3.00. The van der Waals surface area contributed by atoms with Crippen molar-refractivity contribution < 1.29 is 8.95 Å². The van der Waals surface area contributed by atoms with Crippen LogP contribution in [-0.4, -0.2) is 31.3 Å². The zero-order valence-electron chi connectivity index (χ0n) is 21.2. The summed E-state index contributed by atoms with van der Waals surface area (Å²) in [6.45, 7) is 0.154. The molecule has 1 unspecified atom stereocenters. The van der Waals surface area contributed by atoms with Crippen LogP contribution < -0.4 is 14.9 Å². The van der Waals surface area contributed by atoms with Gasteiger partial charge in [0.15, 0.2) is 11.2 Å². The number of aromatic amines is 1. The maximum absolute atomic E-state index is 13.2. The van der Waals surface area contributed by atoms with Crippen molar-refractivity contribution in [3.8, 4) is 28.3 Å². The number of halogens is 1. The van der Waals surface area contributed by atoms with Gasteiger partial charge in [-0.25, -0.2) is 18.9 Å². The fourth-order valence-corrected chi connectivity index (χ4v) is 5.53. The number of H-pyrrole nitrogens is 1. The van der Waals surface area contributed by atoms with Gasteiger partial charge in [-0.1, -0.05) is 48.0 Å². The van der Waals surface area contributed by atoms with Crippen molar-refractivity contribution in [1.82, 2.24) is 24.7 Å². The highest BCUT2D eigenvalue weighted by molar-refractivity contribution is 7.83. The SMILES string of the molecule is COc1ccc(S(=O)NCc2cc(=O)c3nc(-c4cc(Cl)c5ncccc5c4)c(-c4ccccc4)nc3[nH]2)cc1. The number of hydrogen-bond acceptors (Lipinski definition) is 6. The zero-order valence-corrected chi connectivity index (χ0v) is 22.8. The van der Waals surface area contributed by atoms with Crippen molar-refractivity contribution in [3.05, 3.63) is 112 Å². The van der Waals surface area contributed by atoms with E-state index in [1.165, 1.54) is 6.07 Å². The Balaban J connectivity index is 1.41. The standard InChI is InChI=1S/C30H22ClN5O3S/c1-39-22-9-11-23(12-10-22)40(38)33-17-21-16-25(37)29-30(34-21)36-27(18-6-3-2-4-7-18)28(35-29)20-14-19-8-5-13-32-26(19)24(31)15-20/h2-16,33H,17H2,1H3,(H,34,36,37). The fraction of sp³-hybridized carbons (Fsp3) is 0.0667. The molecule has 0 aliphatic heterocycles. The Morgan fingerprint density at radius 1 is 0.900 bits per heavy atom. The van der Waals surface area contributed by atoms with Crippen LogP contribution in [0.15, 0.2) is 101 Å². The molecule has 0 radical (unpaired) electrons.